The molecule has 1 amide bonds. The Labute approximate surface area is 164 Å². The maximum absolute atomic E-state index is 12.5. The fourth-order valence-electron chi connectivity index (χ4n) is 3.61. The molecule has 0 unspecified atom stereocenters. The Morgan fingerprint density at radius 2 is 1.89 bits per heavy atom. The minimum atomic E-state index is -0.0230. The lowest BCUT2D eigenvalue weighted by Crippen LogP contribution is -2.23. The minimum Gasteiger partial charge on any atom is -0.494 e. The Balaban J connectivity index is 1.68. The molecule has 28 heavy (non-hydrogen) atoms. The Morgan fingerprint density at radius 1 is 1.11 bits per heavy atom. The number of benzene rings is 1. The summed E-state index contributed by atoms with van der Waals surface area (Å²) in [7, 11) is 0. The number of rotatable bonds is 7. The number of nitrogens with one attached hydrogen (secondary N) is 2. The van der Waals surface area contributed by atoms with E-state index in [0.717, 1.165) is 53.8 Å². The summed E-state index contributed by atoms with van der Waals surface area (Å²) < 4.78 is 5.68. The van der Waals surface area contributed by atoms with E-state index in [1.807, 2.05) is 36.4 Å². The minimum absolute atomic E-state index is 0.00995. The molecule has 4 rings (SSSR count). The highest BCUT2D eigenvalue weighted by molar-refractivity contribution is 5.82. The number of aromatic amines is 1. The number of carbonyl (C=O) groups is 1. The molecule has 2 N–H and O–H groups in total. The molecule has 2 aliphatic rings. The fourth-order valence-corrected chi connectivity index (χ4v) is 3.61. The molecule has 2 fully saturated rings. The number of amides is 1. The molecule has 5 heteroatoms. The third kappa shape index (κ3) is 4.19. The summed E-state index contributed by atoms with van der Waals surface area (Å²) in [5.74, 6) is 1.31. The molecule has 1 aliphatic carbocycles. The van der Waals surface area contributed by atoms with Gasteiger partial charge in [0.2, 0.25) is 5.91 Å². The van der Waals surface area contributed by atoms with Crippen LogP contribution in [0.1, 0.15) is 61.8 Å². The second kappa shape index (κ2) is 8.05. The topological polar surface area (TPSA) is 71.2 Å². The van der Waals surface area contributed by atoms with E-state index >= 15 is 0 Å². The molecular formula is C23H26N2O3. The monoisotopic (exact) mass is 378 g/mol. The molecular weight excluding hydrogens is 352 g/mol. The number of H-pyrrole nitrogens is 1. The normalized spacial score (nSPS) is 19.5. The van der Waals surface area contributed by atoms with Gasteiger partial charge in [-0.15, -0.1) is 0 Å². The van der Waals surface area contributed by atoms with Crippen LogP contribution in [0.3, 0.4) is 0 Å². The predicted octanol–water partition coefficient (Wildman–Crippen LogP) is 3.75. The Morgan fingerprint density at radius 3 is 2.50 bits per heavy atom. The first-order valence-corrected chi connectivity index (χ1v) is 10.1. The highest BCUT2D eigenvalue weighted by Gasteiger charge is 2.26. The van der Waals surface area contributed by atoms with Crippen LogP contribution < -0.4 is 15.6 Å². The summed E-state index contributed by atoms with van der Waals surface area (Å²) >= 11 is 0. The van der Waals surface area contributed by atoms with E-state index < -0.39 is 0 Å². The maximum atomic E-state index is 12.5. The van der Waals surface area contributed by atoms with E-state index in [0.29, 0.717) is 18.9 Å². The second-order valence-electron chi connectivity index (χ2n) is 7.60. The van der Waals surface area contributed by atoms with E-state index in [1.165, 1.54) is 0 Å². The molecule has 2 aromatic rings. The smallest absolute Gasteiger partial charge is 0.251 e. The summed E-state index contributed by atoms with van der Waals surface area (Å²) in [6.45, 7) is 2.76. The first kappa shape index (κ1) is 18.5. The number of aromatic nitrogens is 1. The van der Waals surface area contributed by atoms with Crippen LogP contribution in [0.2, 0.25) is 0 Å². The average molecular weight is 378 g/mol. The van der Waals surface area contributed by atoms with Crippen molar-refractivity contribution < 1.29 is 9.53 Å². The van der Waals surface area contributed by atoms with Crippen molar-refractivity contribution in [1.82, 2.24) is 10.3 Å². The summed E-state index contributed by atoms with van der Waals surface area (Å²) in [6.07, 6.45) is 6.51. The molecule has 2 heterocycles. The Kier molecular flexibility index (Phi) is 5.33. The van der Waals surface area contributed by atoms with Gasteiger partial charge in [-0.2, -0.15) is 0 Å². The van der Waals surface area contributed by atoms with Gasteiger partial charge in [0.1, 0.15) is 5.75 Å². The molecule has 1 aliphatic heterocycles. The molecule has 1 aromatic carbocycles. The largest absolute Gasteiger partial charge is 0.494 e. The maximum Gasteiger partial charge on any atom is 0.251 e. The highest BCUT2D eigenvalue weighted by Crippen LogP contribution is 2.38. The number of pyridine rings is 1. The molecule has 1 atom stereocenters. The van der Waals surface area contributed by atoms with Gasteiger partial charge in [0.15, 0.2) is 0 Å². The van der Waals surface area contributed by atoms with E-state index in [4.69, 9.17) is 4.74 Å². The molecule has 0 radical (unpaired) electrons. The molecule has 5 nitrogen and oxygen atoms in total. The zero-order valence-electron chi connectivity index (χ0n) is 16.2. The molecule has 1 saturated heterocycles. The van der Waals surface area contributed by atoms with E-state index in [1.54, 1.807) is 0 Å². The summed E-state index contributed by atoms with van der Waals surface area (Å²) in [6, 6.07) is 11.8. The van der Waals surface area contributed by atoms with Crippen molar-refractivity contribution in [3.05, 3.63) is 69.6 Å². The van der Waals surface area contributed by atoms with E-state index in [2.05, 4.69) is 23.3 Å². The van der Waals surface area contributed by atoms with Crippen LogP contribution in [0.15, 0.2) is 47.3 Å². The second-order valence-corrected chi connectivity index (χ2v) is 7.60. The number of hydrogen-bond donors (Lipinski definition) is 2. The van der Waals surface area contributed by atoms with Crippen molar-refractivity contribution in [1.29, 1.82) is 0 Å². The standard InChI is InChI=1S/C23H26N2O3/c1-2-13-28-18-8-5-16(6-9-18)20(14-17-7-12-22(26)24-17)21-11-10-19(15-3-4-15)23(27)25-21/h5-6,8-11,14-15,17H,2-4,7,12-13H2,1H3,(H,24,26)(H,25,27)/b20-14-/t17-/m1/s1. The van der Waals surface area contributed by atoms with Crippen molar-refractivity contribution in [2.75, 3.05) is 6.61 Å². The van der Waals surface area contributed by atoms with Crippen LogP contribution in [0.5, 0.6) is 5.75 Å². The van der Waals surface area contributed by atoms with Gasteiger partial charge in [-0.3, -0.25) is 9.59 Å². The quantitative estimate of drug-likeness (QED) is 0.771. The summed E-state index contributed by atoms with van der Waals surface area (Å²) in [5, 5.41) is 2.99. The number of carbonyl (C=O) groups excluding carboxylic acids is 1. The predicted molar refractivity (Wildman–Crippen MR) is 110 cm³/mol. The van der Waals surface area contributed by atoms with Gasteiger partial charge in [0.25, 0.3) is 5.56 Å². The molecule has 1 saturated carbocycles. The van der Waals surface area contributed by atoms with E-state index in [-0.39, 0.29) is 17.5 Å². The van der Waals surface area contributed by atoms with Crippen molar-refractivity contribution in [3.63, 3.8) is 0 Å². The first-order valence-electron chi connectivity index (χ1n) is 10.1. The van der Waals surface area contributed by atoms with Gasteiger partial charge < -0.3 is 15.0 Å². The fraction of sp³-hybridized carbons (Fsp3) is 0.391. The number of ether oxygens (including phenoxy) is 1. The lowest BCUT2D eigenvalue weighted by Gasteiger charge is -2.13. The van der Waals surface area contributed by atoms with Gasteiger partial charge in [-0.1, -0.05) is 31.2 Å². The number of hydrogen-bond acceptors (Lipinski definition) is 3. The van der Waals surface area contributed by atoms with Crippen molar-refractivity contribution in [2.45, 2.75) is 51.0 Å². The van der Waals surface area contributed by atoms with E-state index in [9.17, 15) is 9.59 Å². The van der Waals surface area contributed by atoms with Crippen LogP contribution in [0.4, 0.5) is 0 Å². The summed E-state index contributed by atoms with van der Waals surface area (Å²) in [5.41, 5.74) is 3.55. The van der Waals surface area contributed by atoms with Crippen LogP contribution in [0.25, 0.3) is 5.57 Å². The van der Waals surface area contributed by atoms with Gasteiger partial charge in [-0.05, 0) is 55.4 Å². The lowest BCUT2D eigenvalue weighted by molar-refractivity contribution is -0.119. The zero-order valence-corrected chi connectivity index (χ0v) is 16.2. The highest BCUT2D eigenvalue weighted by atomic mass is 16.5. The van der Waals surface area contributed by atoms with Crippen LogP contribution in [-0.2, 0) is 4.79 Å². The van der Waals surface area contributed by atoms with Gasteiger partial charge in [0.05, 0.1) is 6.61 Å². The van der Waals surface area contributed by atoms with Crippen LogP contribution in [-0.4, -0.2) is 23.5 Å². The van der Waals surface area contributed by atoms with Crippen molar-refractivity contribution in [3.8, 4) is 5.75 Å². The van der Waals surface area contributed by atoms with Gasteiger partial charge in [-0.25, -0.2) is 0 Å². The first-order chi connectivity index (χ1) is 13.6. The SMILES string of the molecule is CCCOc1ccc(/C(=C/[C@H]2CCC(=O)N2)c2ccc(C3CC3)c(=O)[nH]2)cc1. The lowest BCUT2D eigenvalue weighted by atomic mass is 9.98. The molecule has 1 aromatic heterocycles. The third-order valence-electron chi connectivity index (χ3n) is 5.28. The van der Waals surface area contributed by atoms with Crippen molar-refractivity contribution in [2.24, 2.45) is 0 Å². The Bertz CT molecular complexity index is 939. The van der Waals surface area contributed by atoms with Crippen LogP contribution >= 0.6 is 0 Å². The zero-order chi connectivity index (χ0) is 19.5. The average Bonchev–Trinajstić information content (AvgIpc) is 3.46. The molecule has 146 valence electrons. The molecule has 0 spiro atoms. The van der Waals surface area contributed by atoms with Gasteiger partial charge >= 0.3 is 0 Å². The van der Waals surface area contributed by atoms with Crippen molar-refractivity contribution >= 4 is 11.5 Å². The van der Waals surface area contributed by atoms with Crippen LogP contribution in [0, 0.1) is 0 Å². The molecule has 0 bridgehead atoms. The Hall–Kier alpha value is -2.82. The summed E-state index contributed by atoms with van der Waals surface area (Å²) in [4.78, 5) is 27.2. The third-order valence-corrected chi connectivity index (χ3v) is 5.28. The van der Waals surface area contributed by atoms with Gasteiger partial charge in [0, 0.05) is 29.3 Å².